The van der Waals surface area contributed by atoms with Gasteiger partial charge in [-0.2, -0.15) is 0 Å². The number of ketones is 1. The van der Waals surface area contributed by atoms with E-state index in [1.54, 1.807) is 34.6 Å². The third-order valence-corrected chi connectivity index (χ3v) is 5.53. The summed E-state index contributed by atoms with van der Waals surface area (Å²) in [5.41, 5.74) is -0.369. The number of fused-ring (bicyclic) bond motifs is 1. The molecule has 0 aliphatic rings. The van der Waals surface area contributed by atoms with E-state index >= 15 is 0 Å². The van der Waals surface area contributed by atoms with Crippen LogP contribution in [0.15, 0.2) is 18.2 Å². The van der Waals surface area contributed by atoms with Crippen LogP contribution in [0.25, 0.3) is 10.9 Å². The summed E-state index contributed by atoms with van der Waals surface area (Å²) >= 11 is 0. The molecule has 28 heavy (non-hydrogen) atoms. The predicted octanol–water partition coefficient (Wildman–Crippen LogP) is 3.09. The standard InChI is InChI=1S/C19H26N2O6S/c1-6-10-28(25,26)20-12-8-9-13-14(11-12)21(27-18(24)19(3,4)5)17(23)16(13)15(22)7-2/h8-9,11,20,23H,6-7,10H2,1-5H3. The highest BCUT2D eigenvalue weighted by molar-refractivity contribution is 7.92. The molecule has 9 heteroatoms. The Kier molecular flexibility index (Phi) is 6.08. The topological polar surface area (TPSA) is 115 Å². The van der Waals surface area contributed by atoms with Crippen molar-refractivity contribution in [1.82, 2.24) is 4.73 Å². The SMILES string of the molecule is CCCS(=O)(=O)Nc1ccc2c(C(=O)CC)c(O)n(OC(=O)C(C)(C)C)c2c1. The molecule has 0 radical (unpaired) electrons. The van der Waals surface area contributed by atoms with Gasteiger partial charge in [-0.3, -0.25) is 9.52 Å². The largest absolute Gasteiger partial charge is 0.492 e. The molecule has 2 rings (SSSR count). The number of carbonyl (C=O) groups excluding carboxylic acids is 2. The Bertz CT molecular complexity index is 1020. The molecule has 1 aromatic carbocycles. The average molecular weight is 410 g/mol. The minimum atomic E-state index is -3.53. The van der Waals surface area contributed by atoms with Gasteiger partial charge in [0.2, 0.25) is 15.9 Å². The quantitative estimate of drug-likeness (QED) is 0.678. The number of rotatable bonds is 7. The summed E-state index contributed by atoms with van der Waals surface area (Å²) in [6.45, 7) is 8.36. The number of aromatic nitrogens is 1. The molecule has 0 bridgehead atoms. The van der Waals surface area contributed by atoms with Crippen molar-refractivity contribution in [3.63, 3.8) is 0 Å². The lowest BCUT2D eigenvalue weighted by Gasteiger charge is -2.17. The fourth-order valence-corrected chi connectivity index (χ4v) is 3.70. The van der Waals surface area contributed by atoms with Crippen LogP contribution in [0.5, 0.6) is 5.88 Å². The zero-order valence-corrected chi connectivity index (χ0v) is 17.5. The van der Waals surface area contributed by atoms with Gasteiger partial charge in [0, 0.05) is 11.8 Å². The van der Waals surface area contributed by atoms with Gasteiger partial charge < -0.3 is 9.94 Å². The minimum absolute atomic E-state index is 0.0298. The van der Waals surface area contributed by atoms with E-state index in [4.69, 9.17) is 4.84 Å². The second-order valence-electron chi connectivity index (χ2n) is 7.55. The summed E-state index contributed by atoms with van der Waals surface area (Å²) in [5.74, 6) is -1.48. The third-order valence-electron chi connectivity index (χ3n) is 4.03. The highest BCUT2D eigenvalue weighted by Crippen LogP contribution is 2.34. The number of anilines is 1. The molecule has 0 fully saturated rings. The van der Waals surface area contributed by atoms with Crippen LogP contribution >= 0.6 is 0 Å². The van der Waals surface area contributed by atoms with Crippen LogP contribution in [0.1, 0.15) is 57.8 Å². The molecule has 0 amide bonds. The van der Waals surface area contributed by atoms with E-state index in [2.05, 4.69) is 4.72 Å². The summed E-state index contributed by atoms with van der Waals surface area (Å²) in [6.07, 6.45) is 0.595. The van der Waals surface area contributed by atoms with Gasteiger partial charge in [-0.1, -0.05) is 13.8 Å². The highest BCUT2D eigenvalue weighted by Gasteiger charge is 2.29. The number of hydrogen-bond donors (Lipinski definition) is 2. The fourth-order valence-electron chi connectivity index (χ4n) is 2.57. The number of nitrogens with one attached hydrogen (secondary N) is 1. The lowest BCUT2D eigenvalue weighted by atomic mass is 9.98. The molecule has 0 saturated carbocycles. The summed E-state index contributed by atoms with van der Waals surface area (Å²) in [6, 6.07) is 4.44. The molecule has 0 aliphatic heterocycles. The maximum Gasteiger partial charge on any atom is 0.338 e. The Labute approximate surface area is 164 Å². The maximum atomic E-state index is 12.3. The van der Waals surface area contributed by atoms with Crippen LogP contribution in [0, 0.1) is 5.41 Å². The zero-order chi connectivity index (χ0) is 21.3. The van der Waals surface area contributed by atoms with Crippen molar-refractivity contribution >= 4 is 38.4 Å². The molecule has 1 aromatic heterocycles. The summed E-state index contributed by atoms with van der Waals surface area (Å²) < 4.78 is 27.4. The maximum absolute atomic E-state index is 12.3. The van der Waals surface area contributed by atoms with Crippen LogP contribution in [-0.2, 0) is 14.8 Å². The van der Waals surface area contributed by atoms with Crippen molar-refractivity contribution in [3.05, 3.63) is 23.8 Å². The third kappa shape index (κ3) is 4.46. The molecule has 2 aromatic rings. The van der Waals surface area contributed by atoms with Crippen LogP contribution in [0.3, 0.4) is 0 Å². The number of Topliss-reactive ketones (excluding diaryl/α,β-unsaturated/α-hetero) is 1. The van der Waals surface area contributed by atoms with Gasteiger partial charge in [-0.15, -0.1) is 4.73 Å². The lowest BCUT2D eigenvalue weighted by Crippen LogP contribution is -2.31. The molecular formula is C19H26N2O6S. The Morgan fingerprint density at radius 1 is 1.21 bits per heavy atom. The summed E-state index contributed by atoms with van der Waals surface area (Å²) in [4.78, 5) is 30.0. The van der Waals surface area contributed by atoms with Crippen LogP contribution in [0.4, 0.5) is 5.69 Å². The first-order valence-corrected chi connectivity index (χ1v) is 10.7. The van der Waals surface area contributed by atoms with Crippen LogP contribution in [-0.4, -0.2) is 35.8 Å². The van der Waals surface area contributed by atoms with Gasteiger partial charge in [-0.05, 0) is 45.4 Å². The van der Waals surface area contributed by atoms with Gasteiger partial charge >= 0.3 is 5.97 Å². The molecule has 154 valence electrons. The normalized spacial score (nSPS) is 12.2. The minimum Gasteiger partial charge on any atom is -0.492 e. The van der Waals surface area contributed by atoms with E-state index in [9.17, 15) is 23.1 Å². The molecule has 2 N–H and O–H groups in total. The van der Waals surface area contributed by atoms with Gasteiger partial charge in [-0.25, -0.2) is 13.2 Å². The van der Waals surface area contributed by atoms with E-state index in [0.717, 1.165) is 4.73 Å². The molecule has 0 spiro atoms. The van der Waals surface area contributed by atoms with Crippen molar-refractivity contribution in [1.29, 1.82) is 0 Å². The van der Waals surface area contributed by atoms with Crippen LogP contribution < -0.4 is 9.56 Å². The summed E-state index contributed by atoms with van der Waals surface area (Å²) in [5, 5.41) is 10.9. The molecule has 0 saturated heterocycles. The summed E-state index contributed by atoms with van der Waals surface area (Å²) in [7, 11) is -3.53. The molecule has 8 nitrogen and oxygen atoms in total. The zero-order valence-electron chi connectivity index (χ0n) is 16.7. The van der Waals surface area contributed by atoms with E-state index in [1.807, 2.05) is 0 Å². The van der Waals surface area contributed by atoms with Gasteiger partial charge in [0.1, 0.15) is 0 Å². The number of sulfonamides is 1. The van der Waals surface area contributed by atoms with E-state index in [1.165, 1.54) is 18.2 Å². The molecule has 0 aliphatic carbocycles. The molecule has 0 unspecified atom stereocenters. The lowest BCUT2D eigenvalue weighted by molar-refractivity contribution is -0.153. The first-order chi connectivity index (χ1) is 12.9. The number of carbonyl (C=O) groups is 2. The Hall–Kier alpha value is -2.55. The number of hydrogen-bond acceptors (Lipinski definition) is 6. The van der Waals surface area contributed by atoms with Crippen molar-refractivity contribution in [2.45, 2.75) is 47.5 Å². The molecule has 0 atom stereocenters. The van der Waals surface area contributed by atoms with Crippen molar-refractivity contribution in [2.24, 2.45) is 5.41 Å². The Morgan fingerprint density at radius 3 is 2.39 bits per heavy atom. The van der Waals surface area contributed by atoms with Gasteiger partial charge in [0.25, 0.3) is 0 Å². The highest BCUT2D eigenvalue weighted by atomic mass is 32.2. The first kappa shape index (κ1) is 21.7. The van der Waals surface area contributed by atoms with Crippen molar-refractivity contribution < 1.29 is 28.0 Å². The molecule has 1 heterocycles. The van der Waals surface area contributed by atoms with Crippen molar-refractivity contribution in [3.8, 4) is 5.88 Å². The smallest absolute Gasteiger partial charge is 0.338 e. The second-order valence-corrected chi connectivity index (χ2v) is 9.39. The monoisotopic (exact) mass is 410 g/mol. The number of nitrogens with zero attached hydrogens (tertiary/aromatic N) is 1. The molecular weight excluding hydrogens is 384 g/mol. The number of benzene rings is 1. The van der Waals surface area contributed by atoms with Gasteiger partial charge in [0.05, 0.1) is 27.9 Å². The first-order valence-electron chi connectivity index (χ1n) is 9.05. The van der Waals surface area contributed by atoms with E-state index in [-0.39, 0.29) is 34.7 Å². The van der Waals surface area contributed by atoms with Crippen molar-refractivity contribution in [2.75, 3.05) is 10.5 Å². The fraction of sp³-hybridized carbons (Fsp3) is 0.474. The Balaban J connectivity index is 2.64. The van der Waals surface area contributed by atoms with Gasteiger partial charge in [0.15, 0.2) is 5.78 Å². The number of aromatic hydroxyl groups is 1. The van der Waals surface area contributed by atoms with Crippen LogP contribution in [0.2, 0.25) is 0 Å². The predicted molar refractivity (Wildman–Crippen MR) is 107 cm³/mol. The second kappa shape index (κ2) is 7.83. The van der Waals surface area contributed by atoms with E-state index in [0.29, 0.717) is 11.8 Å². The van der Waals surface area contributed by atoms with E-state index < -0.39 is 27.3 Å². The Morgan fingerprint density at radius 2 is 1.86 bits per heavy atom. The average Bonchev–Trinajstić information content (AvgIpc) is 2.84.